The van der Waals surface area contributed by atoms with Crippen molar-refractivity contribution in [3.8, 4) is 0 Å². The van der Waals surface area contributed by atoms with Crippen molar-refractivity contribution in [3.05, 3.63) is 70.0 Å². The molecule has 210 valence electrons. The van der Waals surface area contributed by atoms with Crippen LogP contribution in [0.3, 0.4) is 0 Å². The van der Waals surface area contributed by atoms with E-state index in [1.54, 1.807) is 32.9 Å². The lowest BCUT2D eigenvalue weighted by molar-refractivity contribution is -0.143. The van der Waals surface area contributed by atoms with Crippen molar-refractivity contribution in [2.24, 2.45) is 0 Å². The predicted molar refractivity (Wildman–Crippen MR) is 136 cm³/mol. The van der Waals surface area contributed by atoms with Gasteiger partial charge in [-0.15, -0.1) is 0 Å². The molecule has 1 aliphatic heterocycles. The fourth-order valence-corrected chi connectivity index (χ4v) is 4.94. The van der Waals surface area contributed by atoms with Crippen LogP contribution in [0, 0.1) is 12.7 Å². The molecule has 0 radical (unpaired) electrons. The van der Waals surface area contributed by atoms with Crippen LogP contribution in [0.5, 0.6) is 0 Å². The Morgan fingerprint density at radius 2 is 1.97 bits per heavy atom. The van der Waals surface area contributed by atoms with Gasteiger partial charge in [-0.25, -0.2) is 4.39 Å². The highest BCUT2D eigenvalue weighted by atomic mass is 19.4. The molecule has 1 N–H and O–H groups in total. The van der Waals surface area contributed by atoms with E-state index in [2.05, 4.69) is 4.90 Å². The third-order valence-corrected chi connectivity index (χ3v) is 7.00. The first-order chi connectivity index (χ1) is 18.0. The molecule has 0 amide bonds. The van der Waals surface area contributed by atoms with Crippen LogP contribution in [0.2, 0.25) is 0 Å². The van der Waals surface area contributed by atoms with Crippen LogP contribution in [0.25, 0.3) is 0 Å². The van der Waals surface area contributed by atoms with Gasteiger partial charge >= 0.3 is 12.1 Å². The topological polar surface area (TPSA) is 59.0 Å². The molecule has 2 aromatic carbocycles. The zero-order valence-corrected chi connectivity index (χ0v) is 22.2. The van der Waals surface area contributed by atoms with Crippen LogP contribution in [-0.4, -0.2) is 54.4 Å². The summed E-state index contributed by atoms with van der Waals surface area (Å²) < 4.78 is 64.6. The van der Waals surface area contributed by atoms with Gasteiger partial charge in [-0.05, 0) is 93.5 Å². The van der Waals surface area contributed by atoms with Gasteiger partial charge in [0.15, 0.2) is 0 Å². The summed E-state index contributed by atoms with van der Waals surface area (Å²) in [5, 5.41) is 10.7. The Morgan fingerprint density at radius 1 is 1.21 bits per heavy atom. The normalized spacial score (nSPS) is 17.9. The number of rotatable bonds is 12. The fourth-order valence-electron chi connectivity index (χ4n) is 4.94. The van der Waals surface area contributed by atoms with E-state index < -0.39 is 29.9 Å². The molecule has 0 saturated carbocycles. The first kappa shape index (κ1) is 30.1. The molecule has 0 unspecified atom stereocenters. The number of nitrogens with zero attached hydrogens (tertiary/aromatic N) is 1. The van der Waals surface area contributed by atoms with Gasteiger partial charge in [-0.2, -0.15) is 13.2 Å². The molecule has 38 heavy (non-hydrogen) atoms. The Balaban J connectivity index is 1.60. The highest BCUT2D eigenvalue weighted by Gasteiger charge is 2.32. The summed E-state index contributed by atoms with van der Waals surface area (Å²) >= 11 is 0. The van der Waals surface area contributed by atoms with Gasteiger partial charge in [0, 0.05) is 19.0 Å². The highest BCUT2D eigenvalue weighted by Crippen LogP contribution is 2.33. The molecule has 9 heteroatoms. The number of ether oxygens (including phenoxy) is 2. The zero-order valence-electron chi connectivity index (χ0n) is 22.2. The SMILES string of the molecule is CCOC(=O)CCc1cc(C(F)(F)F)ccc1[C@@H](C)OC[C@@H](O)CN1CCC[C@H]1Cc1ccc(C)c(F)c1. The monoisotopic (exact) mass is 539 g/mol. The van der Waals surface area contributed by atoms with E-state index in [0.29, 0.717) is 29.7 Å². The van der Waals surface area contributed by atoms with Gasteiger partial charge in [-0.1, -0.05) is 18.2 Å². The number of aryl methyl sites for hydroxylation is 2. The largest absolute Gasteiger partial charge is 0.466 e. The molecule has 0 bridgehead atoms. The van der Waals surface area contributed by atoms with Crippen LogP contribution in [0.15, 0.2) is 36.4 Å². The van der Waals surface area contributed by atoms with E-state index in [-0.39, 0.29) is 37.9 Å². The second-order valence-electron chi connectivity index (χ2n) is 9.92. The minimum absolute atomic E-state index is 0.00187. The number of carbonyl (C=O) groups is 1. The molecule has 0 spiro atoms. The first-order valence-corrected chi connectivity index (χ1v) is 13.1. The number of hydrogen-bond acceptors (Lipinski definition) is 5. The van der Waals surface area contributed by atoms with Crippen LogP contribution in [0.1, 0.15) is 67.0 Å². The molecule has 1 heterocycles. The van der Waals surface area contributed by atoms with Gasteiger partial charge < -0.3 is 14.6 Å². The summed E-state index contributed by atoms with van der Waals surface area (Å²) in [6.45, 7) is 6.52. The molecule has 1 saturated heterocycles. The molecule has 3 atom stereocenters. The summed E-state index contributed by atoms with van der Waals surface area (Å²) in [7, 11) is 0. The molecule has 5 nitrogen and oxygen atoms in total. The van der Waals surface area contributed by atoms with Gasteiger partial charge in [0.25, 0.3) is 0 Å². The average Bonchev–Trinajstić information content (AvgIpc) is 3.29. The van der Waals surface area contributed by atoms with E-state index >= 15 is 0 Å². The maximum atomic E-state index is 14.0. The zero-order chi connectivity index (χ0) is 27.9. The van der Waals surface area contributed by atoms with E-state index in [9.17, 15) is 27.5 Å². The Kier molecular flexibility index (Phi) is 10.7. The maximum Gasteiger partial charge on any atom is 0.416 e. The maximum absolute atomic E-state index is 14.0. The average molecular weight is 540 g/mol. The number of hydrogen-bond donors (Lipinski definition) is 1. The third-order valence-electron chi connectivity index (χ3n) is 7.00. The summed E-state index contributed by atoms with van der Waals surface area (Å²) in [5.41, 5.74) is 1.63. The molecule has 3 rings (SSSR count). The van der Waals surface area contributed by atoms with Gasteiger partial charge in [0.05, 0.1) is 31.0 Å². The standard InChI is InChI=1S/C29H37F4NO4/c1-4-37-28(36)12-9-22-16-23(29(31,32)33)10-11-26(22)20(3)38-18-25(35)17-34-13-5-6-24(34)14-21-8-7-19(2)27(30)15-21/h7-8,10-11,15-16,20,24-25,35H,4-6,9,12-14,17-18H2,1-3H3/t20-,24+,25+/m1/s1. The van der Waals surface area contributed by atoms with Crippen molar-refractivity contribution in [1.82, 2.24) is 4.90 Å². The van der Waals surface area contributed by atoms with Gasteiger partial charge in [0.2, 0.25) is 0 Å². The van der Waals surface area contributed by atoms with Crippen LogP contribution >= 0.6 is 0 Å². The Labute approximate surface area is 221 Å². The third kappa shape index (κ3) is 8.51. The van der Waals surface area contributed by atoms with Crippen molar-refractivity contribution in [3.63, 3.8) is 0 Å². The van der Waals surface area contributed by atoms with Crippen LogP contribution in [-0.2, 0) is 33.3 Å². The molecule has 0 aromatic heterocycles. The van der Waals surface area contributed by atoms with E-state index in [1.165, 1.54) is 6.07 Å². The summed E-state index contributed by atoms with van der Waals surface area (Å²) in [4.78, 5) is 14.0. The quantitative estimate of drug-likeness (QED) is 0.273. The molecular formula is C29H37F4NO4. The molecule has 0 aliphatic carbocycles. The van der Waals surface area contributed by atoms with Crippen molar-refractivity contribution in [1.29, 1.82) is 0 Å². The Morgan fingerprint density at radius 3 is 2.66 bits per heavy atom. The lowest BCUT2D eigenvalue weighted by atomic mass is 9.96. The number of esters is 1. The molecule has 1 fully saturated rings. The number of aliphatic hydroxyl groups excluding tert-OH is 1. The summed E-state index contributed by atoms with van der Waals surface area (Å²) in [5.74, 6) is -0.701. The number of carbonyl (C=O) groups excluding carboxylic acids is 1. The lowest BCUT2D eigenvalue weighted by Gasteiger charge is -2.28. The second kappa shape index (κ2) is 13.5. The van der Waals surface area contributed by atoms with Gasteiger partial charge in [0.1, 0.15) is 5.82 Å². The molecular weight excluding hydrogens is 502 g/mol. The Bertz CT molecular complexity index is 1080. The van der Waals surface area contributed by atoms with Crippen LogP contribution in [0.4, 0.5) is 17.6 Å². The number of aliphatic hydroxyl groups is 1. The Hall–Kier alpha value is -2.49. The number of halogens is 4. The van der Waals surface area contributed by atoms with Crippen molar-refractivity contribution in [2.75, 3.05) is 26.3 Å². The van der Waals surface area contributed by atoms with Crippen molar-refractivity contribution >= 4 is 5.97 Å². The fraction of sp³-hybridized carbons (Fsp3) is 0.552. The molecule has 2 aromatic rings. The van der Waals surface area contributed by atoms with Crippen molar-refractivity contribution in [2.45, 2.75) is 77.3 Å². The lowest BCUT2D eigenvalue weighted by Crippen LogP contribution is -2.39. The summed E-state index contributed by atoms with van der Waals surface area (Å²) in [6.07, 6.45) is -3.22. The van der Waals surface area contributed by atoms with E-state index in [1.807, 2.05) is 6.07 Å². The van der Waals surface area contributed by atoms with E-state index in [4.69, 9.17) is 9.47 Å². The minimum Gasteiger partial charge on any atom is -0.466 e. The smallest absolute Gasteiger partial charge is 0.416 e. The van der Waals surface area contributed by atoms with Crippen molar-refractivity contribution < 1.29 is 36.9 Å². The van der Waals surface area contributed by atoms with Crippen LogP contribution < -0.4 is 0 Å². The first-order valence-electron chi connectivity index (χ1n) is 13.1. The number of benzene rings is 2. The molecule has 1 aliphatic rings. The van der Waals surface area contributed by atoms with Gasteiger partial charge in [-0.3, -0.25) is 9.69 Å². The number of β-amino-alcohol motifs (C(OH)–C–C–N with tert-alkyl or cyclic N) is 1. The summed E-state index contributed by atoms with van der Waals surface area (Å²) in [6, 6.07) is 8.88. The number of likely N-dealkylation sites (tertiary alicyclic amines) is 1. The minimum atomic E-state index is -4.51. The number of alkyl halides is 3. The van der Waals surface area contributed by atoms with E-state index in [0.717, 1.165) is 37.1 Å². The highest BCUT2D eigenvalue weighted by molar-refractivity contribution is 5.69. The second-order valence-corrected chi connectivity index (χ2v) is 9.92. The predicted octanol–water partition coefficient (Wildman–Crippen LogP) is 5.79.